The van der Waals surface area contributed by atoms with Crippen molar-refractivity contribution < 1.29 is 0 Å². The average Bonchev–Trinajstić information content (AvgIpc) is 2.51. The van der Waals surface area contributed by atoms with E-state index in [0.29, 0.717) is 0 Å². The maximum Gasteiger partial charge on any atom is 0.203 e. The van der Waals surface area contributed by atoms with Crippen molar-refractivity contribution in [1.29, 1.82) is 0 Å². The molecule has 0 aliphatic heterocycles. The van der Waals surface area contributed by atoms with Gasteiger partial charge in [-0.1, -0.05) is 0 Å². The number of rotatable bonds is 2. The minimum Gasteiger partial charge on any atom is -0.369 e. The summed E-state index contributed by atoms with van der Waals surface area (Å²) in [6.45, 7) is 3.86. The van der Waals surface area contributed by atoms with Crippen molar-refractivity contribution >= 4 is 17.3 Å². The Hall–Kier alpha value is -1.14. The Morgan fingerprint density at radius 3 is 2.92 bits per heavy atom. The zero-order chi connectivity index (χ0) is 9.84. The number of hydrogen-bond donors (Lipinski definition) is 3. The first-order valence-electron chi connectivity index (χ1n) is 3.85. The summed E-state index contributed by atoms with van der Waals surface area (Å²) in [6, 6.07) is -0.0465. The minimum atomic E-state index is -0.0465. The van der Waals surface area contributed by atoms with Gasteiger partial charge in [-0.05, 0) is 13.8 Å². The Labute approximate surface area is 80.8 Å². The molecule has 1 heterocycles. The number of hydrogen-bond acceptors (Lipinski definition) is 4. The quantitative estimate of drug-likeness (QED) is 0.276. The summed E-state index contributed by atoms with van der Waals surface area (Å²) in [5, 5.41) is 2.92. The summed E-state index contributed by atoms with van der Waals surface area (Å²) < 4.78 is 0. The van der Waals surface area contributed by atoms with E-state index in [4.69, 9.17) is 11.6 Å². The first kappa shape index (κ1) is 9.94. The van der Waals surface area contributed by atoms with E-state index >= 15 is 0 Å². The lowest BCUT2D eigenvalue weighted by Gasteiger charge is -2.03. The van der Waals surface area contributed by atoms with E-state index in [1.54, 1.807) is 11.3 Å². The third-order valence-corrected chi connectivity index (χ3v) is 2.61. The van der Waals surface area contributed by atoms with Crippen molar-refractivity contribution in [2.45, 2.75) is 19.9 Å². The van der Waals surface area contributed by atoms with Crippen LogP contribution in [0.3, 0.4) is 0 Å². The topological polar surface area (TPSA) is 89.3 Å². The van der Waals surface area contributed by atoms with Crippen LogP contribution in [0.15, 0.2) is 10.4 Å². The highest BCUT2D eigenvalue weighted by Crippen LogP contribution is 2.20. The molecule has 72 valence electrons. The fraction of sp³-hybridized carbons (Fsp3) is 0.429. The molecular formula is C7H13N5S. The molecule has 5 N–H and O–H groups in total. The van der Waals surface area contributed by atoms with Gasteiger partial charge in [0.25, 0.3) is 0 Å². The minimum absolute atomic E-state index is 0.0465. The molecule has 13 heavy (non-hydrogen) atoms. The summed E-state index contributed by atoms with van der Waals surface area (Å²) in [6.07, 6.45) is 0. The van der Waals surface area contributed by atoms with Gasteiger partial charge in [0.1, 0.15) is 11.0 Å². The predicted molar refractivity (Wildman–Crippen MR) is 54.2 cm³/mol. The number of aryl methyl sites for hydroxylation is 1. The van der Waals surface area contributed by atoms with Crippen molar-refractivity contribution in [1.82, 2.24) is 10.4 Å². The summed E-state index contributed by atoms with van der Waals surface area (Å²) in [5.74, 6) is 5.30. The molecular weight excluding hydrogens is 186 g/mol. The van der Waals surface area contributed by atoms with E-state index in [1.165, 1.54) is 0 Å². The van der Waals surface area contributed by atoms with Gasteiger partial charge < -0.3 is 5.73 Å². The van der Waals surface area contributed by atoms with Crippen LogP contribution in [0, 0.1) is 6.92 Å². The zero-order valence-corrected chi connectivity index (χ0v) is 8.43. The average molecular weight is 199 g/mol. The van der Waals surface area contributed by atoms with Gasteiger partial charge >= 0.3 is 0 Å². The van der Waals surface area contributed by atoms with Gasteiger partial charge in [0.15, 0.2) is 0 Å². The van der Waals surface area contributed by atoms with Gasteiger partial charge in [0.05, 0.1) is 0 Å². The van der Waals surface area contributed by atoms with Crippen LogP contribution in [0.4, 0.5) is 0 Å². The van der Waals surface area contributed by atoms with Crippen LogP contribution < -0.4 is 17.0 Å². The molecule has 0 aromatic carbocycles. The summed E-state index contributed by atoms with van der Waals surface area (Å²) in [5.41, 5.74) is 8.69. The smallest absolute Gasteiger partial charge is 0.203 e. The number of hydrazine groups is 1. The molecule has 1 atom stereocenters. The Balaban J connectivity index is 2.74. The van der Waals surface area contributed by atoms with E-state index in [-0.39, 0.29) is 12.0 Å². The summed E-state index contributed by atoms with van der Waals surface area (Å²) in [4.78, 5) is 8.37. The second-order valence-corrected chi connectivity index (χ2v) is 3.55. The van der Waals surface area contributed by atoms with Gasteiger partial charge in [-0.25, -0.2) is 15.8 Å². The van der Waals surface area contributed by atoms with Crippen LogP contribution in [-0.4, -0.2) is 10.9 Å². The van der Waals surface area contributed by atoms with Gasteiger partial charge in [0, 0.05) is 11.1 Å². The van der Waals surface area contributed by atoms with Gasteiger partial charge in [-0.2, -0.15) is 0 Å². The Morgan fingerprint density at radius 1 is 1.77 bits per heavy atom. The normalized spacial score (nSPS) is 14.2. The molecule has 1 aromatic heterocycles. The Bertz CT molecular complexity index is 306. The van der Waals surface area contributed by atoms with E-state index < -0.39 is 0 Å². The molecule has 0 saturated carbocycles. The molecule has 0 spiro atoms. The molecule has 0 bridgehead atoms. The highest BCUT2D eigenvalue weighted by Gasteiger charge is 2.07. The molecule has 0 aliphatic carbocycles. The molecule has 5 nitrogen and oxygen atoms in total. The molecule has 0 saturated heterocycles. The second kappa shape index (κ2) is 4.20. The van der Waals surface area contributed by atoms with Crippen LogP contribution in [0.5, 0.6) is 0 Å². The predicted octanol–water partition coefficient (Wildman–Crippen LogP) is 0.291. The third-order valence-electron chi connectivity index (χ3n) is 1.47. The standard InChI is InChI=1S/C7H13N5S/c1-4-3-13-6(10-4)5(2)11-7(8)12-9/h3,5H,9H2,1-2H3,(H3,8,11,12). The highest BCUT2D eigenvalue weighted by atomic mass is 32.1. The van der Waals surface area contributed by atoms with Crippen molar-refractivity contribution in [3.05, 3.63) is 16.1 Å². The van der Waals surface area contributed by atoms with E-state index in [0.717, 1.165) is 10.7 Å². The van der Waals surface area contributed by atoms with Crippen molar-refractivity contribution in [3.63, 3.8) is 0 Å². The molecule has 1 rings (SSSR count). The van der Waals surface area contributed by atoms with Gasteiger partial charge in [-0.3, -0.25) is 5.43 Å². The number of nitrogens with two attached hydrogens (primary N) is 2. The van der Waals surface area contributed by atoms with Crippen molar-refractivity contribution in [2.24, 2.45) is 16.6 Å². The van der Waals surface area contributed by atoms with Crippen molar-refractivity contribution in [2.75, 3.05) is 0 Å². The first-order chi connectivity index (χ1) is 6.13. The highest BCUT2D eigenvalue weighted by molar-refractivity contribution is 7.09. The summed E-state index contributed by atoms with van der Waals surface area (Å²) in [7, 11) is 0. The van der Waals surface area contributed by atoms with Crippen LogP contribution in [0.25, 0.3) is 0 Å². The van der Waals surface area contributed by atoms with Crippen LogP contribution in [0.1, 0.15) is 23.7 Å². The fourth-order valence-electron chi connectivity index (χ4n) is 0.865. The number of aliphatic imine (C=N–C) groups is 1. The van der Waals surface area contributed by atoms with Gasteiger partial charge in [0.2, 0.25) is 5.96 Å². The monoisotopic (exact) mass is 199 g/mol. The fourth-order valence-corrected chi connectivity index (χ4v) is 1.66. The first-order valence-corrected chi connectivity index (χ1v) is 4.73. The third kappa shape index (κ3) is 2.67. The van der Waals surface area contributed by atoms with E-state index in [2.05, 4.69) is 15.4 Å². The Kier molecular flexibility index (Phi) is 3.21. The maximum atomic E-state index is 5.41. The molecule has 1 unspecified atom stereocenters. The molecule has 1 aromatic rings. The molecule has 0 fully saturated rings. The maximum absolute atomic E-state index is 5.41. The lowest BCUT2D eigenvalue weighted by molar-refractivity contribution is 0.788. The van der Waals surface area contributed by atoms with Crippen LogP contribution >= 0.6 is 11.3 Å². The number of aromatic nitrogens is 1. The Morgan fingerprint density at radius 2 is 2.46 bits per heavy atom. The number of guanidine groups is 1. The number of nitrogens with one attached hydrogen (secondary N) is 1. The lowest BCUT2D eigenvalue weighted by atomic mass is 10.4. The number of nitrogens with zero attached hydrogens (tertiary/aromatic N) is 2. The zero-order valence-electron chi connectivity index (χ0n) is 7.61. The van der Waals surface area contributed by atoms with E-state index in [9.17, 15) is 0 Å². The largest absolute Gasteiger partial charge is 0.369 e. The van der Waals surface area contributed by atoms with Crippen LogP contribution in [0.2, 0.25) is 0 Å². The van der Waals surface area contributed by atoms with Crippen molar-refractivity contribution in [3.8, 4) is 0 Å². The molecule has 0 amide bonds. The van der Waals surface area contributed by atoms with Crippen LogP contribution in [-0.2, 0) is 0 Å². The molecule has 0 radical (unpaired) electrons. The SMILES string of the molecule is Cc1csc(C(C)N=C(N)NN)n1. The summed E-state index contributed by atoms with van der Waals surface area (Å²) >= 11 is 1.57. The lowest BCUT2D eigenvalue weighted by Crippen LogP contribution is -2.37. The van der Waals surface area contributed by atoms with Gasteiger partial charge in [-0.15, -0.1) is 11.3 Å². The van der Waals surface area contributed by atoms with E-state index in [1.807, 2.05) is 19.2 Å². The molecule has 0 aliphatic rings. The second-order valence-electron chi connectivity index (χ2n) is 2.66. The number of thiazole rings is 1. The molecule has 6 heteroatoms.